The van der Waals surface area contributed by atoms with E-state index in [1.165, 1.54) is 25.7 Å². The number of nitrogens with one attached hydrogen (secondary N) is 2. The van der Waals surface area contributed by atoms with E-state index in [2.05, 4.69) is 17.7 Å². The highest BCUT2D eigenvalue weighted by Crippen LogP contribution is 2.21. The normalized spacial score (nSPS) is 13.4. The van der Waals surface area contributed by atoms with E-state index in [9.17, 15) is 14.7 Å². The third-order valence-corrected chi connectivity index (χ3v) is 5.77. The van der Waals surface area contributed by atoms with Crippen LogP contribution in [-0.4, -0.2) is 29.6 Å². The number of benzene rings is 1. The first-order valence-corrected chi connectivity index (χ1v) is 12.1. The predicted molar refractivity (Wildman–Crippen MR) is 129 cm³/mol. The second-order valence-electron chi connectivity index (χ2n) is 9.72. The Hall–Kier alpha value is -1.92. The molecular formula is C26H44N2O4. The molecule has 0 aliphatic carbocycles. The van der Waals surface area contributed by atoms with Crippen molar-refractivity contribution in [2.75, 3.05) is 6.61 Å². The molecule has 0 saturated heterocycles. The molecule has 1 aromatic carbocycles. The van der Waals surface area contributed by atoms with Crippen molar-refractivity contribution in [3.63, 3.8) is 0 Å². The summed E-state index contributed by atoms with van der Waals surface area (Å²) in [5, 5.41) is 12.7. The summed E-state index contributed by atoms with van der Waals surface area (Å²) in [6.45, 7) is 8.27. The number of amides is 2. The summed E-state index contributed by atoms with van der Waals surface area (Å²) in [5.74, 6) is -0.925. The Morgan fingerprint density at radius 3 is 2.22 bits per heavy atom. The SMILES string of the molecule is CCCCCCCCC[C@H](CC(=O)NOCc1ccccc1)C(=O)N[C@H](CO)C(C)(C)C. The Bertz CT molecular complexity index is 643. The number of aliphatic hydroxyl groups is 1. The molecule has 182 valence electrons. The Morgan fingerprint density at radius 1 is 1.00 bits per heavy atom. The van der Waals surface area contributed by atoms with Gasteiger partial charge in [0.25, 0.3) is 0 Å². The molecule has 6 heteroatoms. The smallest absolute Gasteiger partial charge is 0.244 e. The van der Waals surface area contributed by atoms with E-state index in [0.29, 0.717) is 6.42 Å². The van der Waals surface area contributed by atoms with Gasteiger partial charge in [0.2, 0.25) is 11.8 Å². The van der Waals surface area contributed by atoms with Gasteiger partial charge in [-0.05, 0) is 17.4 Å². The van der Waals surface area contributed by atoms with Crippen LogP contribution in [0, 0.1) is 11.3 Å². The lowest BCUT2D eigenvalue weighted by Crippen LogP contribution is -2.48. The molecule has 2 amide bonds. The van der Waals surface area contributed by atoms with Crippen LogP contribution >= 0.6 is 0 Å². The van der Waals surface area contributed by atoms with Crippen molar-refractivity contribution in [1.29, 1.82) is 0 Å². The number of aliphatic hydroxyl groups excluding tert-OH is 1. The van der Waals surface area contributed by atoms with Gasteiger partial charge in [0.05, 0.1) is 19.3 Å². The molecule has 1 aromatic rings. The maximum absolute atomic E-state index is 13.0. The van der Waals surface area contributed by atoms with Crippen molar-refractivity contribution in [2.45, 2.75) is 98.1 Å². The van der Waals surface area contributed by atoms with Gasteiger partial charge in [-0.25, -0.2) is 5.48 Å². The molecule has 0 bridgehead atoms. The fourth-order valence-corrected chi connectivity index (χ4v) is 3.54. The van der Waals surface area contributed by atoms with Crippen molar-refractivity contribution >= 4 is 11.8 Å². The molecule has 0 aliphatic rings. The first kappa shape index (κ1) is 28.1. The standard InChI is InChI=1S/C26H44N2O4/c1-5-6-7-8-9-10-14-17-22(25(31)27-23(19-29)26(2,3)4)18-24(30)28-32-20-21-15-12-11-13-16-21/h11-13,15-16,22-23,29H,5-10,14,17-20H2,1-4H3,(H,27,31)(H,28,30)/t22-,23-/m1/s1. The first-order valence-electron chi connectivity index (χ1n) is 12.1. The van der Waals surface area contributed by atoms with E-state index in [1.807, 2.05) is 51.1 Å². The van der Waals surface area contributed by atoms with Crippen molar-refractivity contribution in [3.05, 3.63) is 35.9 Å². The van der Waals surface area contributed by atoms with Crippen molar-refractivity contribution in [3.8, 4) is 0 Å². The van der Waals surface area contributed by atoms with Crippen LogP contribution in [0.4, 0.5) is 0 Å². The minimum atomic E-state index is -0.442. The highest BCUT2D eigenvalue weighted by Gasteiger charge is 2.29. The van der Waals surface area contributed by atoms with Gasteiger partial charge in [0.15, 0.2) is 0 Å². The quantitative estimate of drug-likeness (QED) is 0.248. The van der Waals surface area contributed by atoms with E-state index >= 15 is 0 Å². The van der Waals surface area contributed by atoms with Crippen molar-refractivity contribution in [1.82, 2.24) is 10.8 Å². The second kappa shape index (κ2) is 15.8. The van der Waals surface area contributed by atoms with Crippen LogP contribution in [0.15, 0.2) is 30.3 Å². The molecule has 0 aromatic heterocycles. The lowest BCUT2D eigenvalue weighted by molar-refractivity contribution is -0.139. The monoisotopic (exact) mass is 448 g/mol. The van der Waals surface area contributed by atoms with E-state index in [0.717, 1.165) is 24.8 Å². The summed E-state index contributed by atoms with van der Waals surface area (Å²) in [6, 6.07) is 9.23. The first-order chi connectivity index (χ1) is 15.3. The molecule has 0 aliphatic heterocycles. The zero-order valence-electron chi connectivity index (χ0n) is 20.5. The number of carbonyl (C=O) groups is 2. The molecule has 3 N–H and O–H groups in total. The number of hydrogen-bond acceptors (Lipinski definition) is 4. The Morgan fingerprint density at radius 2 is 1.62 bits per heavy atom. The number of hydroxylamine groups is 1. The summed E-state index contributed by atoms with van der Waals surface area (Å²) in [4.78, 5) is 30.7. The van der Waals surface area contributed by atoms with Gasteiger partial charge in [-0.3, -0.25) is 14.4 Å². The minimum Gasteiger partial charge on any atom is -0.394 e. The van der Waals surface area contributed by atoms with Crippen LogP contribution in [-0.2, 0) is 21.0 Å². The summed E-state index contributed by atoms with van der Waals surface area (Å²) >= 11 is 0. The zero-order valence-corrected chi connectivity index (χ0v) is 20.5. The van der Waals surface area contributed by atoms with Gasteiger partial charge < -0.3 is 10.4 Å². The largest absolute Gasteiger partial charge is 0.394 e. The van der Waals surface area contributed by atoms with Gasteiger partial charge in [-0.1, -0.05) is 103 Å². The van der Waals surface area contributed by atoms with Crippen molar-refractivity contribution < 1.29 is 19.5 Å². The number of rotatable bonds is 16. The number of hydrogen-bond donors (Lipinski definition) is 3. The topological polar surface area (TPSA) is 87.7 Å². The Kier molecular flexibility index (Phi) is 13.9. The molecule has 1 rings (SSSR count). The molecule has 0 spiro atoms. The van der Waals surface area contributed by atoms with Crippen LogP contribution < -0.4 is 10.8 Å². The molecule has 0 heterocycles. The van der Waals surface area contributed by atoms with Gasteiger partial charge in [0.1, 0.15) is 0 Å². The molecule has 0 unspecified atom stereocenters. The van der Waals surface area contributed by atoms with Crippen LogP contribution in [0.2, 0.25) is 0 Å². The number of carbonyl (C=O) groups excluding carboxylic acids is 2. The molecule has 2 atom stereocenters. The van der Waals surface area contributed by atoms with Crippen LogP contribution in [0.5, 0.6) is 0 Å². The fourth-order valence-electron chi connectivity index (χ4n) is 3.54. The lowest BCUT2D eigenvalue weighted by atomic mass is 9.86. The average Bonchev–Trinajstić information content (AvgIpc) is 2.75. The molecular weight excluding hydrogens is 404 g/mol. The molecule has 32 heavy (non-hydrogen) atoms. The highest BCUT2D eigenvalue weighted by atomic mass is 16.6. The van der Waals surface area contributed by atoms with Crippen LogP contribution in [0.25, 0.3) is 0 Å². The van der Waals surface area contributed by atoms with Crippen LogP contribution in [0.3, 0.4) is 0 Å². The lowest BCUT2D eigenvalue weighted by Gasteiger charge is -2.31. The van der Waals surface area contributed by atoms with Crippen LogP contribution in [0.1, 0.15) is 91.0 Å². The van der Waals surface area contributed by atoms with Gasteiger partial charge in [-0.15, -0.1) is 0 Å². The van der Waals surface area contributed by atoms with Gasteiger partial charge in [-0.2, -0.15) is 0 Å². The molecule has 6 nitrogen and oxygen atoms in total. The maximum Gasteiger partial charge on any atom is 0.244 e. The van der Waals surface area contributed by atoms with E-state index in [1.54, 1.807) is 0 Å². The van der Waals surface area contributed by atoms with E-state index < -0.39 is 5.92 Å². The second-order valence-corrected chi connectivity index (χ2v) is 9.72. The zero-order chi connectivity index (χ0) is 23.8. The Labute approximate surface area is 194 Å². The number of unbranched alkanes of at least 4 members (excludes halogenated alkanes) is 6. The molecule has 0 fully saturated rings. The summed E-state index contributed by atoms with van der Waals surface area (Å²) in [6.07, 6.45) is 8.80. The minimum absolute atomic E-state index is 0.0682. The Balaban J connectivity index is 2.56. The maximum atomic E-state index is 13.0. The highest BCUT2D eigenvalue weighted by molar-refractivity contribution is 5.85. The van der Waals surface area contributed by atoms with Crippen molar-refractivity contribution in [2.24, 2.45) is 11.3 Å². The molecule has 0 saturated carbocycles. The average molecular weight is 449 g/mol. The van der Waals surface area contributed by atoms with E-state index in [-0.39, 0.29) is 42.9 Å². The fraction of sp³-hybridized carbons (Fsp3) is 0.692. The summed E-state index contributed by atoms with van der Waals surface area (Å²) in [5.41, 5.74) is 3.16. The summed E-state index contributed by atoms with van der Waals surface area (Å²) in [7, 11) is 0. The summed E-state index contributed by atoms with van der Waals surface area (Å²) < 4.78 is 0. The predicted octanol–water partition coefficient (Wildman–Crippen LogP) is 4.90. The molecule has 0 radical (unpaired) electrons. The van der Waals surface area contributed by atoms with Gasteiger partial charge in [0, 0.05) is 12.3 Å². The third kappa shape index (κ3) is 12.2. The van der Waals surface area contributed by atoms with Gasteiger partial charge >= 0.3 is 0 Å². The van der Waals surface area contributed by atoms with E-state index in [4.69, 9.17) is 4.84 Å². The third-order valence-electron chi connectivity index (χ3n) is 5.77.